The third kappa shape index (κ3) is 2.37. The molecule has 1 heterocycles. The van der Waals surface area contributed by atoms with Gasteiger partial charge in [-0.05, 0) is 18.9 Å². The molecule has 1 fully saturated rings. The Labute approximate surface area is 88.3 Å². The highest BCUT2D eigenvalue weighted by molar-refractivity contribution is 5.91. The summed E-state index contributed by atoms with van der Waals surface area (Å²) >= 11 is 0. The Hall–Kier alpha value is -1.78. The van der Waals surface area contributed by atoms with Crippen molar-refractivity contribution in [1.82, 2.24) is 10.3 Å². The number of hydrogen-bond acceptors (Lipinski definition) is 3. The minimum Gasteiger partial charge on any atom is -0.399 e. The van der Waals surface area contributed by atoms with E-state index < -0.39 is 0 Å². The van der Waals surface area contributed by atoms with Crippen molar-refractivity contribution >= 4 is 17.5 Å². The molecule has 0 radical (unpaired) electrons. The van der Waals surface area contributed by atoms with Crippen LogP contribution in [0, 0.1) is 0 Å². The number of amides is 2. The SMILES string of the molecule is CN(C(=O)NC1CC1)c1cc(N)ccn1. The zero-order valence-electron chi connectivity index (χ0n) is 8.60. The maximum Gasteiger partial charge on any atom is 0.323 e. The van der Waals surface area contributed by atoms with Gasteiger partial charge in [-0.15, -0.1) is 0 Å². The van der Waals surface area contributed by atoms with Gasteiger partial charge in [0.1, 0.15) is 5.82 Å². The molecule has 15 heavy (non-hydrogen) atoms. The van der Waals surface area contributed by atoms with Crippen molar-refractivity contribution in [1.29, 1.82) is 0 Å². The fraction of sp³-hybridized carbons (Fsp3) is 0.400. The topological polar surface area (TPSA) is 71.2 Å². The predicted octanol–water partition coefficient (Wildman–Crippen LogP) is 0.972. The summed E-state index contributed by atoms with van der Waals surface area (Å²) in [6.07, 6.45) is 3.74. The first kappa shape index (κ1) is 9.76. The van der Waals surface area contributed by atoms with Crippen LogP contribution in [-0.4, -0.2) is 24.1 Å². The Balaban J connectivity index is 2.05. The quantitative estimate of drug-likeness (QED) is 0.757. The lowest BCUT2D eigenvalue weighted by molar-refractivity contribution is 0.247. The van der Waals surface area contributed by atoms with E-state index in [1.54, 1.807) is 25.4 Å². The Bertz CT molecular complexity index is 375. The highest BCUT2D eigenvalue weighted by Crippen LogP contribution is 2.20. The number of rotatable bonds is 2. The van der Waals surface area contributed by atoms with Crippen molar-refractivity contribution in [3.05, 3.63) is 18.3 Å². The molecule has 0 saturated heterocycles. The number of pyridine rings is 1. The molecular formula is C10H14N4O. The molecule has 0 atom stereocenters. The second kappa shape index (κ2) is 3.76. The summed E-state index contributed by atoms with van der Waals surface area (Å²) in [6, 6.07) is 3.58. The smallest absolute Gasteiger partial charge is 0.323 e. The average molecular weight is 206 g/mol. The van der Waals surface area contributed by atoms with Crippen LogP contribution < -0.4 is 16.0 Å². The number of carbonyl (C=O) groups excluding carboxylic acids is 1. The predicted molar refractivity (Wildman–Crippen MR) is 58.6 cm³/mol. The van der Waals surface area contributed by atoms with E-state index in [2.05, 4.69) is 10.3 Å². The van der Waals surface area contributed by atoms with Crippen LogP contribution in [0.1, 0.15) is 12.8 Å². The van der Waals surface area contributed by atoms with E-state index in [1.807, 2.05) is 0 Å². The first-order chi connectivity index (χ1) is 7.16. The molecule has 2 amide bonds. The number of hydrogen-bond donors (Lipinski definition) is 2. The number of nitrogens with zero attached hydrogens (tertiary/aromatic N) is 2. The first-order valence-corrected chi connectivity index (χ1v) is 4.92. The Morgan fingerprint density at radius 2 is 2.40 bits per heavy atom. The van der Waals surface area contributed by atoms with Crippen molar-refractivity contribution in [2.24, 2.45) is 0 Å². The van der Waals surface area contributed by atoms with Crippen molar-refractivity contribution in [2.75, 3.05) is 17.7 Å². The molecule has 3 N–H and O–H groups in total. The van der Waals surface area contributed by atoms with Gasteiger partial charge in [0, 0.05) is 31.0 Å². The maximum absolute atomic E-state index is 11.6. The normalized spacial score (nSPS) is 14.7. The molecule has 1 aromatic rings. The van der Waals surface area contributed by atoms with Gasteiger partial charge in [0.15, 0.2) is 0 Å². The number of nitrogen functional groups attached to an aromatic ring is 1. The zero-order chi connectivity index (χ0) is 10.8. The lowest BCUT2D eigenvalue weighted by Gasteiger charge is -2.16. The molecule has 0 aliphatic heterocycles. The van der Waals surface area contributed by atoms with Crippen LogP contribution in [0.15, 0.2) is 18.3 Å². The summed E-state index contributed by atoms with van der Waals surface area (Å²) in [5.41, 5.74) is 6.21. The van der Waals surface area contributed by atoms with Crippen molar-refractivity contribution in [2.45, 2.75) is 18.9 Å². The minimum atomic E-state index is -0.129. The highest BCUT2D eigenvalue weighted by Gasteiger charge is 2.25. The van der Waals surface area contributed by atoms with Gasteiger partial charge in [-0.25, -0.2) is 9.78 Å². The zero-order valence-corrected chi connectivity index (χ0v) is 8.60. The van der Waals surface area contributed by atoms with E-state index in [9.17, 15) is 4.79 Å². The monoisotopic (exact) mass is 206 g/mol. The second-order valence-electron chi connectivity index (χ2n) is 3.73. The molecule has 0 unspecified atom stereocenters. The fourth-order valence-electron chi connectivity index (χ4n) is 1.22. The summed E-state index contributed by atoms with van der Waals surface area (Å²) in [5, 5.41) is 2.88. The van der Waals surface area contributed by atoms with Crippen LogP contribution in [0.25, 0.3) is 0 Å². The second-order valence-corrected chi connectivity index (χ2v) is 3.73. The van der Waals surface area contributed by atoms with Crippen LogP contribution in [0.5, 0.6) is 0 Å². The van der Waals surface area contributed by atoms with E-state index in [0.717, 1.165) is 12.8 Å². The van der Waals surface area contributed by atoms with Gasteiger partial charge >= 0.3 is 6.03 Å². The summed E-state index contributed by atoms with van der Waals surface area (Å²) in [6.45, 7) is 0. The molecular weight excluding hydrogens is 192 g/mol. The molecule has 80 valence electrons. The molecule has 5 heteroatoms. The Kier molecular flexibility index (Phi) is 2.45. The van der Waals surface area contributed by atoms with Gasteiger partial charge in [-0.2, -0.15) is 0 Å². The number of urea groups is 1. The number of nitrogens with two attached hydrogens (primary N) is 1. The van der Waals surface area contributed by atoms with Crippen LogP contribution in [-0.2, 0) is 0 Å². The van der Waals surface area contributed by atoms with Crippen LogP contribution in [0.4, 0.5) is 16.3 Å². The highest BCUT2D eigenvalue weighted by atomic mass is 16.2. The van der Waals surface area contributed by atoms with E-state index in [-0.39, 0.29) is 6.03 Å². The molecule has 1 aromatic heterocycles. The summed E-state index contributed by atoms with van der Waals surface area (Å²) in [7, 11) is 1.68. The van der Waals surface area contributed by atoms with Gasteiger partial charge in [0.2, 0.25) is 0 Å². The van der Waals surface area contributed by atoms with Crippen molar-refractivity contribution < 1.29 is 4.79 Å². The largest absolute Gasteiger partial charge is 0.399 e. The molecule has 5 nitrogen and oxygen atoms in total. The van der Waals surface area contributed by atoms with E-state index in [4.69, 9.17) is 5.73 Å². The van der Waals surface area contributed by atoms with E-state index >= 15 is 0 Å². The lowest BCUT2D eigenvalue weighted by atomic mass is 10.4. The Morgan fingerprint density at radius 3 is 3.00 bits per heavy atom. The summed E-state index contributed by atoms with van der Waals surface area (Å²) < 4.78 is 0. The van der Waals surface area contributed by atoms with Crippen molar-refractivity contribution in [3.8, 4) is 0 Å². The minimum absolute atomic E-state index is 0.129. The summed E-state index contributed by atoms with van der Waals surface area (Å²) in [4.78, 5) is 17.2. The molecule has 1 aliphatic rings. The van der Waals surface area contributed by atoms with Gasteiger partial charge in [0.25, 0.3) is 0 Å². The number of nitrogens with one attached hydrogen (secondary N) is 1. The standard InChI is InChI=1S/C10H14N4O/c1-14(10(15)13-8-2-3-8)9-6-7(11)4-5-12-9/h4-6,8H,2-3H2,1H3,(H2,11,12)(H,13,15). The van der Waals surface area contributed by atoms with Gasteiger partial charge in [-0.3, -0.25) is 4.90 Å². The number of carbonyl (C=O) groups is 1. The molecule has 2 rings (SSSR count). The lowest BCUT2D eigenvalue weighted by Crippen LogP contribution is -2.38. The van der Waals surface area contributed by atoms with Gasteiger partial charge in [0.05, 0.1) is 0 Å². The van der Waals surface area contributed by atoms with Crippen LogP contribution in [0.3, 0.4) is 0 Å². The Morgan fingerprint density at radius 1 is 1.67 bits per heavy atom. The molecule has 1 saturated carbocycles. The van der Waals surface area contributed by atoms with E-state index in [0.29, 0.717) is 17.5 Å². The van der Waals surface area contributed by atoms with Gasteiger partial charge in [-0.1, -0.05) is 0 Å². The molecule has 0 bridgehead atoms. The average Bonchev–Trinajstić information content (AvgIpc) is 3.00. The van der Waals surface area contributed by atoms with Crippen molar-refractivity contribution in [3.63, 3.8) is 0 Å². The van der Waals surface area contributed by atoms with Gasteiger partial charge < -0.3 is 11.1 Å². The van der Waals surface area contributed by atoms with Crippen LogP contribution >= 0.6 is 0 Å². The van der Waals surface area contributed by atoms with Crippen LogP contribution in [0.2, 0.25) is 0 Å². The fourth-order valence-corrected chi connectivity index (χ4v) is 1.22. The third-order valence-corrected chi connectivity index (χ3v) is 2.32. The first-order valence-electron chi connectivity index (χ1n) is 4.92. The number of aromatic nitrogens is 1. The van der Waals surface area contributed by atoms with E-state index in [1.165, 1.54) is 4.90 Å². The number of anilines is 2. The molecule has 0 aromatic carbocycles. The summed E-state index contributed by atoms with van der Waals surface area (Å²) in [5.74, 6) is 0.563. The molecule has 0 spiro atoms. The molecule has 1 aliphatic carbocycles. The maximum atomic E-state index is 11.6. The third-order valence-electron chi connectivity index (χ3n) is 2.32.